The van der Waals surface area contributed by atoms with Crippen molar-refractivity contribution in [2.45, 2.75) is 26.1 Å². The summed E-state index contributed by atoms with van der Waals surface area (Å²) in [6.45, 7) is 1.85. The number of halogens is 3. The Hall–Kier alpha value is -1.57. The van der Waals surface area contributed by atoms with Crippen LogP contribution in [0, 0.1) is 6.92 Å². The number of oxazole rings is 1. The fraction of sp³-hybridized carbons (Fsp3) is 0.600. The summed E-state index contributed by atoms with van der Waals surface area (Å²) in [6.07, 6.45) is -2.88. The van der Waals surface area contributed by atoms with Crippen LogP contribution in [0.4, 0.5) is 13.2 Å². The molecule has 1 atom stereocenters. The van der Waals surface area contributed by atoms with Crippen molar-refractivity contribution >= 4 is 5.91 Å². The van der Waals surface area contributed by atoms with Crippen molar-refractivity contribution < 1.29 is 22.4 Å². The number of amides is 1. The zero-order chi connectivity index (χ0) is 13.8. The molecule has 0 aliphatic heterocycles. The van der Waals surface area contributed by atoms with E-state index in [0.29, 0.717) is 11.7 Å². The highest BCUT2D eigenvalue weighted by Gasteiger charge is 2.27. The van der Waals surface area contributed by atoms with Crippen LogP contribution >= 0.6 is 0 Å². The number of rotatable bonds is 5. The number of carbonyl (C=O) groups excluding carboxylic acids is 1. The van der Waals surface area contributed by atoms with Crippen LogP contribution < -0.4 is 10.6 Å². The van der Waals surface area contributed by atoms with Gasteiger partial charge in [-0.3, -0.25) is 10.1 Å². The Morgan fingerprint density at radius 1 is 1.56 bits per heavy atom. The predicted octanol–water partition coefficient (Wildman–Crippen LogP) is 1.31. The molecule has 0 saturated heterocycles. The minimum atomic E-state index is -4.40. The standard InChI is InChI=1S/C10H14F3N3O2/c1-6-3-15-9(18-6)7(2)14-4-8(17)16-5-10(11,12)13/h3,7,14H,4-5H2,1-2H3,(H,16,17). The number of nitrogens with one attached hydrogen (secondary N) is 2. The monoisotopic (exact) mass is 265 g/mol. The van der Waals surface area contributed by atoms with Gasteiger partial charge in [0.05, 0.1) is 18.8 Å². The van der Waals surface area contributed by atoms with Gasteiger partial charge in [0.25, 0.3) is 0 Å². The summed E-state index contributed by atoms with van der Waals surface area (Å²) in [4.78, 5) is 15.0. The minimum absolute atomic E-state index is 0.237. The molecule has 1 heterocycles. The van der Waals surface area contributed by atoms with E-state index in [4.69, 9.17) is 4.42 Å². The van der Waals surface area contributed by atoms with Gasteiger partial charge in [0, 0.05) is 0 Å². The van der Waals surface area contributed by atoms with Crippen molar-refractivity contribution in [2.24, 2.45) is 0 Å². The molecule has 102 valence electrons. The summed E-state index contributed by atoms with van der Waals surface area (Å²) in [6, 6.07) is -0.352. The molecule has 1 aromatic heterocycles. The maximum atomic E-state index is 11.8. The van der Waals surface area contributed by atoms with Crippen molar-refractivity contribution in [2.75, 3.05) is 13.1 Å². The molecular formula is C10H14F3N3O2. The first-order valence-electron chi connectivity index (χ1n) is 5.27. The molecular weight excluding hydrogens is 251 g/mol. The fourth-order valence-corrected chi connectivity index (χ4v) is 1.17. The highest BCUT2D eigenvalue weighted by Crippen LogP contribution is 2.12. The molecule has 0 aliphatic carbocycles. The van der Waals surface area contributed by atoms with Crippen LogP contribution in [0.2, 0.25) is 0 Å². The van der Waals surface area contributed by atoms with E-state index in [0.717, 1.165) is 0 Å². The molecule has 1 amide bonds. The Kier molecular flexibility index (Phi) is 4.71. The number of aryl methyl sites for hydroxylation is 1. The Morgan fingerprint density at radius 2 is 2.22 bits per heavy atom. The van der Waals surface area contributed by atoms with Gasteiger partial charge in [-0.25, -0.2) is 4.98 Å². The second kappa shape index (κ2) is 5.85. The van der Waals surface area contributed by atoms with Gasteiger partial charge < -0.3 is 9.73 Å². The van der Waals surface area contributed by atoms with E-state index in [1.807, 2.05) is 0 Å². The molecule has 1 rings (SSSR count). The predicted molar refractivity (Wildman–Crippen MR) is 56.7 cm³/mol. The maximum absolute atomic E-state index is 11.8. The van der Waals surface area contributed by atoms with Gasteiger partial charge in [0.1, 0.15) is 12.3 Å². The Morgan fingerprint density at radius 3 is 2.72 bits per heavy atom. The first-order valence-corrected chi connectivity index (χ1v) is 5.27. The molecule has 0 saturated carbocycles. The molecule has 5 nitrogen and oxygen atoms in total. The van der Waals surface area contributed by atoms with Gasteiger partial charge in [-0.2, -0.15) is 13.2 Å². The van der Waals surface area contributed by atoms with Crippen LogP contribution in [0.25, 0.3) is 0 Å². The molecule has 0 bridgehead atoms. The van der Waals surface area contributed by atoms with Crippen molar-refractivity contribution in [3.8, 4) is 0 Å². The Labute approximate surface area is 102 Å². The molecule has 0 fully saturated rings. The number of nitrogens with zero attached hydrogens (tertiary/aromatic N) is 1. The molecule has 0 aromatic carbocycles. The lowest BCUT2D eigenvalue weighted by atomic mass is 10.3. The first-order chi connectivity index (χ1) is 8.28. The molecule has 0 radical (unpaired) electrons. The van der Waals surface area contributed by atoms with E-state index in [1.165, 1.54) is 6.20 Å². The van der Waals surface area contributed by atoms with Gasteiger partial charge in [0.15, 0.2) is 0 Å². The fourth-order valence-electron chi connectivity index (χ4n) is 1.17. The van der Waals surface area contributed by atoms with Gasteiger partial charge in [0.2, 0.25) is 11.8 Å². The zero-order valence-electron chi connectivity index (χ0n) is 9.97. The smallest absolute Gasteiger partial charge is 0.405 e. The van der Waals surface area contributed by atoms with Gasteiger partial charge in [-0.1, -0.05) is 0 Å². The van der Waals surface area contributed by atoms with Crippen LogP contribution in [0.1, 0.15) is 24.6 Å². The van der Waals surface area contributed by atoms with E-state index in [2.05, 4.69) is 10.3 Å². The maximum Gasteiger partial charge on any atom is 0.405 e. The molecule has 0 spiro atoms. The second-order valence-corrected chi connectivity index (χ2v) is 3.80. The lowest BCUT2D eigenvalue weighted by Gasteiger charge is -2.11. The highest BCUT2D eigenvalue weighted by atomic mass is 19.4. The highest BCUT2D eigenvalue weighted by molar-refractivity contribution is 5.78. The Balaban J connectivity index is 2.30. The average molecular weight is 265 g/mol. The van der Waals surface area contributed by atoms with Crippen LogP contribution in [0.5, 0.6) is 0 Å². The van der Waals surface area contributed by atoms with Crippen LogP contribution in [0.3, 0.4) is 0 Å². The minimum Gasteiger partial charge on any atom is -0.444 e. The van der Waals surface area contributed by atoms with E-state index in [9.17, 15) is 18.0 Å². The van der Waals surface area contributed by atoms with Crippen LogP contribution in [-0.2, 0) is 4.79 Å². The second-order valence-electron chi connectivity index (χ2n) is 3.80. The van der Waals surface area contributed by atoms with Gasteiger partial charge in [-0.15, -0.1) is 0 Å². The van der Waals surface area contributed by atoms with Gasteiger partial charge in [-0.05, 0) is 13.8 Å². The zero-order valence-corrected chi connectivity index (χ0v) is 9.97. The van der Waals surface area contributed by atoms with E-state index in [-0.39, 0.29) is 12.6 Å². The number of hydrogen-bond donors (Lipinski definition) is 2. The summed E-state index contributed by atoms with van der Waals surface area (Å²) in [5, 5.41) is 4.47. The Bertz CT molecular complexity index is 403. The van der Waals surface area contributed by atoms with E-state index in [1.54, 1.807) is 19.2 Å². The number of aromatic nitrogens is 1. The third-order valence-electron chi connectivity index (χ3n) is 2.06. The lowest BCUT2D eigenvalue weighted by Crippen LogP contribution is -2.39. The summed E-state index contributed by atoms with van der Waals surface area (Å²) in [5.74, 6) is 0.277. The molecule has 2 N–H and O–H groups in total. The lowest BCUT2D eigenvalue weighted by molar-refractivity contribution is -0.137. The van der Waals surface area contributed by atoms with Crippen molar-refractivity contribution in [3.05, 3.63) is 17.8 Å². The molecule has 18 heavy (non-hydrogen) atoms. The van der Waals surface area contributed by atoms with Crippen molar-refractivity contribution in [3.63, 3.8) is 0 Å². The van der Waals surface area contributed by atoms with E-state index >= 15 is 0 Å². The summed E-state index contributed by atoms with van der Waals surface area (Å²) < 4.78 is 40.7. The topological polar surface area (TPSA) is 67.2 Å². The van der Waals surface area contributed by atoms with E-state index < -0.39 is 18.6 Å². The average Bonchev–Trinajstić information content (AvgIpc) is 2.69. The largest absolute Gasteiger partial charge is 0.444 e. The molecule has 0 aliphatic rings. The number of carbonyl (C=O) groups is 1. The first kappa shape index (κ1) is 14.5. The SMILES string of the molecule is Cc1cnc(C(C)NCC(=O)NCC(F)(F)F)o1. The van der Waals surface area contributed by atoms with Crippen LogP contribution in [0.15, 0.2) is 10.6 Å². The van der Waals surface area contributed by atoms with Crippen molar-refractivity contribution in [1.29, 1.82) is 0 Å². The molecule has 1 unspecified atom stereocenters. The quantitative estimate of drug-likeness (QED) is 0.842. The summed E-state index contributed by atoms with van der Waals surface area (Å²) in [5.41, 5.74) is 0. The summed E-state index contributed by atoms with van der Waals surface area (Å²) >= 11 is 0. The molecule has 8 heteroatoms. The normalized spacial score (nSPS) is 13.4. The number of alkyl halides is 3. The third kappa shape index (κ3) is 5.17. The summed E-state index contributed by atoms with van der Waals surface area (Å²) in [7, 11) is 0. The van der Waals surface area contributed by atoms with Crippen molar-refractivity contribution in [1.82, 2.24) is 15.6 Å². The van der Waals surface area contributed by atoms with Gasteiger partial charge >= 0.3 is 6.18 Å². The third-order valence-corrected chi connectivity index (χ3v) is 2.06. The van der Waals surface area contributed by atoms with Crippen LogP contribution in [-0.4, -0.2) is 30.2 Å². The molecule has 1 aromatic rings. The number of hydrogen-bond acceptors (Lipinski definition) is 4.